The summed E-state index contributed by atoms with van der Waals surface area (Å²) in [6.07, 6.45) is 2.39. The maximum atomic E-state index is 12.5. The Balaban J connectivity index is 2.06. The van der Waals surface area contributed by atoms with Gasteiger partial charge < -0.3 is 4.90 Å². The number of carbonyl (C=O) groups is 1. The lowest BCUT2D eigenvalue weighted by Gasteiger charge is -2.21. The van der Waals surface area contributed by atoms with Crippen molar-refractivity contribution in [1.82, 2.24) is 14.2 Å². The van der Waals surface area contributed by atoms with Crippen LogP contribution in [-0.4, -0.2) is 55.2 Å². The number of hydrogen-bond acceptors (Lipinski definition) is 4. The van der Waals surface area contributed by atoms with E-state index in [0.29, 0.717) is 18.5 Å². The van der Waals surface area contributed by atoms with E-state index in [2.05, 4.69) is 4.98 Å². The van der Waals surface area contributed by atoms with Gasteiger partial charge in [-0.3, -0.25) is 9.78 Å². The minimum Gasteiger partial charge on any atom is -0.341 e. The van der Waals surface area contributed by atoms with Gasteiger partial charge in [0, 0.05) is 50.6 Å². The predicted molar refractivity (Wildman–Crippen MR) is 101 cm³/mol. The minimum absolute atomic E-state index is 0.140. The molecule has 0 aliphatic carbocycles. The van der Waals surface area contributed by atoms with E-state index in [4.69, 9.17) is 0 Å². The van der Waals surface area contributed by atoms with Crippen LogP contribution >= 0.6 is 0 Å². The van der Waals surface area contributed by atoms with E-state index < -0.39 is 10.0 Å². The van der Waals surface area contributed by atoms with Crippen LogP contribution in [0.4, 0.5) is 0 Å². The number of hydrogen-bond donors (Lipinski definition) is 0. The first-order valence-electron chi connectivity index (χ1n) is 8.47. The number of sulfonamides is 1. The van der Waals surface area contributed by atoms with E-state index in [9.17, 15) is 13.2 Å². The molecule has 0 radical (unpaired) electrons. The van der Waals surface area contributed by atoms with E-state index in [1.54, 1.807) is 37.3 Å². The second kappa shape index (κ2) is 8.42. The minimum atomic E-state index is -3.55. The van der Waals surface area contributed by atoms with Crippen LogP contribution in [-0.2, 0) is 16.4 Å². The summed E-state index contributed by atoms with van der Waals surface area (Å²) in [7, 11) is -0.276. The molecule has 0 spiro atoms. The van der Waals surface area contributed by atoms with Crippen LogP contribution in [0.25, 0.3) is 0 Å². The van der Waals surface area contributed by atoms with Crippen molar-refractivity contribution in [3.63, 3.8) is 0 Å². The fourth-order valence-electron chi connectivity index (χ4n) is 2.36. The number of benzene rings is 1. The molecule has 0 saturated heterocycles. The Labute approximate surface area is 155 Å². The Morgan fingerprint density at radius 2 is 1.73 bits per heavy atom. The summed E-state index contributed by atoms with van der Waals surface area (Å²) in [6.45, 7) is 4.16. The number of pyridine rings is 1. The van der Waals surface area contributed by atoms with Crippen molar-refractivity contribution < 1.29 is 13.2 Å². The number of likely N-dealkylation sites (N-methyl/N-ethyl adjacent to an activating group) is 1. The number of aromatic nitrogens is 1. The summed E-state index contributed by atoms with van der Waals surface area (Å²) >= 11 is 0. The second-order valence-electron chi connectivity index (χ2n) is 6.44. The summed E-state index contributed by atoms with van der Waals surface area (Å²) in [4.78, 5) is 18.5. The molecule has 0 saturated carbocycles. The molecule has 0 unspecified atom stereocenters. The molecule has 2 rings (SSSR count). The quantitative estimate of drug-likeness (QED) is 0.745. The first-order chi connectivity index (χ1) is 12.2. The van der Waals surface area contributed by atoms with Crippen LogP contribution in [0, 0.1) is 0 Å². The first-order valence-corrected chi connectivity index (χ1v) is 9.91. The van der Waals surface area contributed by atoms with Crippen molar-refractivity contribution in [2.75, 3.05) is 20.6 Å². The van der Waals surface area contributed by atoms with Crippen molar-refractivity contribution in [1.29, 1.82) is 0 Å². The van der Waals surface area contributed by atoms with Gasteiger partial charge in [-0.1, -0.05) is 6.07 Å². The van der Waals surface area contributed by atoms with E-state index in [-0.39, 0.29) is 16.8 Å². The number of rotatable bonds is 7. The molecule has 0 aliphatic heterocycles. The highest BCUT2D eigenvalue weighted by Crippen LogP contribution is 2.17. The van der Waals surface area contributed by atoms with Gasteiger partial charge >= 0.3 is 0 Å². The normalized spacial score (nSPS) is 11.8. The van der Waals surface area contributed by atoms with Crippen molar-refractivity contribution in [2.45, 2.75) is 31.2 Å². The van der Waals surface area contributed by atoms with Crippen LogP contribution in [0.1, 0.15) is 29.9 Å². The molecule has 2 aromatic rings. The maximum Gasteiger partial charge on any atom is 0.253 e. The SMILES string of the molecule is CC(C)N(C)S(=O)(=O)c1ccc(C(=O)N(C)CCc2ccccn2)cc1. The Hall–Kier alpha value is -2.25. The van der Waals surface area contributed by atoms with Gasteiger partial charge in [0.05, 0.1) is 4.90 Å². The van der Waals surface area contributed by atoms with Crippen molar-refractivity contribution in [3.05, 3.63) is 59.9 Å². The molecule has 6 nitrogen and oxygen atoms in total. The van der Waals surface area contributed by atoms with Crippen LogP contribution in [0.2, 0.25) is 0 Å². The highest BCUT2D eigenvalue weighted by molar-refractivity contribution is 7.89. The average molecular weight is 375 g/mol. The van der Waals surface area contributed by atoms with Crippen LogP contribution in [0.15, 0.2) is 53.6 Å². The number of amides is 1. The first kappa shape index (κ1) is 20.1. The summed E-state index contributed by atoms with van der Waals surface area (Å²) in [5, 5.41) is 0. The van der Waals surface area contributed by atoms with Crippen LogP contribution in [0.3, 0.4) is 0 Å². The Kier molecular flexibility index (Phi) is 6.50. The summed E-state index contributed by atoms with van der Waals surface area (Å²) < 4.78 is 26.3. The molecule has 0 bridgehead atoms. The molecule has 0 fully saturated rings. The van der Waals surface area contributed by atoms with Gasteiger partial charge in [-0.05, 0) is 50.2 Å². The highest BCUT2D eigenvalue weighted by atomic mass is 32.2. The fourth-order valence-corrected chi connectivity index (χ4v) is 3.73. The Bertz CT molecular complexity index is 834. The van der Waals surface area contributed by atoms with E-state index >= 15 is 0 Å². The topological polar surface area (TPSA) is 70.6 Å². The van der Waals surface area contributed by atoms with Gasteiger partial charge in [0.25, 0.3) is 5.91 Å². The van der Waals surface area contributed by atoms with Gasteiger partial charge in [-0.15, -0.1) is 0 Å². The van der Waals surface area contributed by atoms with Crippen molar-refractivity contribution in [3.8, 4) is 0 Å². The molecule has 1 aromatic carbocycles. The maximum absolute atomic E-state index is 12.5. The summed E-state index contributed by atoms with van der Waals surface area (Å²) in [5.41, 5.74) is 1.38. The van der Waals surface area contributed by atoms with Crippen molar-refractivity contribution >= 4 is 15.9 Å². The molecule has 0 aliphatic rings. The zero-order valence-electron chi connectivity index (χ0n) is 15.6. The Morgan fingerprint density at radius 3 is 2.27 bits per heavy atom. The molecule has 0 atom stereocenters. The lowest BCUT2D eigenvalue weighted by molar-refractivity contribution is 0.0796. The Morgan fingerprint density at radius 1 is 1.08 bits per heavy atom. The third-order valence-electron chi connectivity index (χ3n) is 4.28. The molecule has 1 heterocycles. The molecule has 140 valence electrons. The average Bonchev–Trinajstić information content (AvgIpc) is 2.65. The van der Waals surface area contributed by atoms with Crippen molar-refractivity contribution in [2.24, 2.45) is 0 Å². The summed E-state index contributed by atoms with van der Waals surface area (Å²) in [6, 6.07) is 11.6. The monoisotopic (exact) mass is 375 g/mol. The molecular weight excluding hydrogens is 350 g/mol. The number of nitrogens with zero attached hydrogens (tertiary/aromatic N) is 3. The smallest absolute Gasteiger partial charge is 0.253 e. The third kappa shape index (κ3) is 4.68. The zero-order chi connectivity index (χ0) is 19.3. The van der Waals surface area contributed by atoms with Gasteiger partial charge in [0.2, 0.25) is 10.0 Å². The second-order valence-corrected chi connectivity index (χ2v) is 8.43. The van der Waals surface area contributed by atoms with Gasteiger partial charge in [0.15, 0.2) is 0 Å². The van der Waals surface area contributed by atoms with E-state index in [1.165, 1.54) is 16.4 Å². The highest BCUT2D eigenvalue weighted by Gasteiger charge is 2.23. The van der Waals surface area contributed by atoms with E-state index in [0.717, 1.165) is 5.69 Å². The largest absolute Gasteiger partial charge is 0.341 e. The van der Waals surface area contributed by atoms with Crippen LogP contribution in [0.5, 0.6) is 0 Å². The molecule has 1 aromatic heterocycles. The third-order valence-corrected chi connectivity index (χ3v) is 6.33. The van der Waals surface area contributed by atoms with E-state index in [1.807, 2.05) is 32.0 Å². The van der Waals surface area contributed by atoms with Crippen LogP contribution < -0.4 is 0 Å². The summed E-state index contributed by atoms with van der Waals surface area (Å²) in [5.74, 6) is -0.151. The molecule has 1 amide bonds. The van der Waals surface area contributed by atoms with Gasteiger partial charge in [0.1, 0.15) is 0 Å². The standard InChI is InChI=1S/C19H25N3O3S/c1-15(2)22(4)26(24,25)18-10-8-16(9-11-18)19(23)21(3)14-12-17-7-5-6-13-20-17/h5-11,13,15H,12,14H2,1-4H3. The molecule has 7 heteroatoms. The van der Waals surface area contributed by atoms with Gasteiger partial charge in [-0.2, -0.15) is 4.31 Å². The lowest BCUT2D eigenvalue weighted by atomic mass is 10.2. The molecular formula is C19H25N3O3S. The number of carbonyl (C=O) groups excluding carboxylic acids is 1. The molecule has 0 N–H and O–H groups in total. The fraction of sp³-hybridized carbons (Fsp3) is 0.368. The lowest BCUT2D eigenvalue weighted by Crippen LogP contribution is -2.33. The molecule has 26 heavy (non-hydrogen) atoms. The zero-order valence-corrected chi connectivity index (χ0v) is 16.4. The predicted octanol–water partition coefficient (Wildman–Crippen LogP) is 2.43. The van der Waals surface area contributed by atoms with Gasteiger partial charge in [-0.25, -0.2) is 8.42 Å².